The number of aliphatic imine (C=N–C) groups is 1. The van der Waals surface area contributed by atoms with Crippen LogP contribution >= 0.6 is 0 Å². The van der Waals surface area contributed by atoms with Crippen LogP contribution in [0.3, 0.4) is 0 Å². The largest absolute Gasteiger partial charge is 0.359 e. The van der Waals surface area contributed by atoms with Gasteiger partial charge in [0.05, 0.1) is 19.3 Å². The van der Waals surface area contributed by atoms with E-state index >= 15 is 0 Å². The molecule has 1 aliphatic heterocycles. The maximum Gasteiger partial charge on any atom is 0.220 e. The van der Waals surface area contributed by atoms with Crippen molar-refractivity contribution in [2.45, 2.75) is 39.3 Å². The summed E-state index contributed by atoms with van der Waals surface area (Å²) in [6, 6.07) is 10.3. The zero-order valence-corrected chi connectivity index (χ0v) is 17.5. The molecule has 0 radical (unpaired) electrons. The normalized spacial score (nSPS) is 15.4. The number of aromatic nitrogens is 2. The number of guanidine groups is 1. The Labute approximate surface area is 173 Å². The molecular weight excluding hydrogens is 364 g/mol. The van der Waals surface area contributed by atoms with Crippen LogP contribution in [0.4, 0.5) is 0 Å². The van der Waals surface area contributed by atoms with Gasteiger partial charge < -0.3 is 15.5 Å². The molecule has 7 nitrogen and oxygen atoms in total. The standard InChI is InChI=1S/C22H32N6O/c1-3-24-22(27-11-9-18(10-12-27)13-21(29)23-2)25-14-20-15-26-28(17-20)16-19-7-5-4-6-8-19/h4-8,15,17-18H,3,9-14,16H2,1-2H3,(H,23,29)(H,24,25). The van der Waals surface area contributed by atoms with Gasteiger partial charge in [0.15, 0.2) is 5.96 Å². The van der Waals surface area contributed by atoms with E-state index < -0.39 is 0 Å². The first-order chi connectivity index (χ1) is 14.2. The highest BCUT2D eigenvalue weighted by Gasteiger charge is 2.23. The molecule has 0 bridgehead atoms. The third kappa shape index (κ3) is 6.34. The first-order valence-corrected chi connectivity index (χ1v) is 10.5. The minimum Gasteiger partial charge on any atom is -0.359 e. The van der Waals surface area contributed by atoms with E-state index in [0.29, 0.717) is 18.9 Å². The number of rotatable bonds is 7. The van der Waals surface area contributed by atoms with Crippen molar-refractivity contribution in [1.29, 1.82) is 0 Å². The molecule has 2 heterocycles. The Morgan fingerprint density at radius 1 is 1.21 bits per heavy atom. The highest BCUT2D eigenvalue weighted by Crippen LogP contribution is 2.20. The minimum atomic E-state index is 0.136. The zero-order chi connectivity index (χ0) is 20.5. The summed E-state index contributed by atoms with van der Waals surface area (Å²) < 4.78 is 1.96. The molecule has 0 atom stereocenters. The van der Waals surface area contributed by atoms with Crippen molar-refractivity contribution in [2.75, 3.05) is 26.7 Å². The number of nitrogens with zero attached hydrogens (tertiary/aromatic N) is 4. The fourth-order valence-corrected chi connectivity index (χ4v) is 3.65. The van der Waals surface area contributed by atoms with Crippen molar-refractivity contribution < 1.29 is 4.79 Å². The van der Waals surface area contributed by atoms with Crippen molar-refractivity contribution in [3.63, 3.8) is 0 Å². The van der Waals surface area contributed by atoms with Crippen molar-refractivity contribution in [2.24, 2.45) is 10.9 Å². The SMILES string of the molecule is CCNC(=NCc1cnn(Cc2ccccc2)c1)N1CCC(CC(=O)NC)CC1. The van der Waals surface area contributed by atoms with Crippen LogP contribution in [0.5, 0.6) is 0 Å². The molecule has 1 aromatic carbocycles. The third-order valence-corrected chi connectivity index (χ3v) is 5.29. The minimum absolute atomic E-state index is 0.136. The first-order valence-electron chi connectivity index (χ1n) is 10.5. The molecule has 0 aliphatic carbocycles. The molecule has 0 spiro atoms. The molecule has 0 unspecified atom stereocenters. The van der Waals surface area contributed by atoms with Crippen LogP contribution in [0.25, 0.3) is 0 Å². The molecule has 3 rings (SSSR count). The number of piperidine rings is 1. The van der Waals surface area contributed by atoms with Gasteiger partial charge in [-0.1, -0.05) is 30.3 Å². The Balaban J connectivity index is 1.55. The van der Waals surface area contributed by atoms with E-state index in [1.54, 1.807) is 7.05 Å². The lowest BCUT2D eigenvalue weighted by molar-refractivity contribution is -0.121. The van der Waals surface area contributed by atoms with E-state index in [9.17, 15) is 4.79 Å². The van der Waals surface area contributed by atoms with Crippen molar-refractivity contribution in [3.05, 3.63) is 53.9 Å². The van der Waals surface area contributed by atoms with E-state index in [4.69, 9.17) is 4.99 Å². The van der Waals surface area contributed by atoms with Gasteiger partial charge in [-0.25, -0.2) is 4.99 Å². The second-order valence-electron chi connectivity index (χ2n) is 7.51. The number of hydrogen-bond acceptors (Lipinski definition) is 3. The van der Waals surface area contributed by atoms with E-state index in [1.807, 2.05) is 29.1 Å². The topological polar surface area (TPSA) is 74.5 Å². The quantitative estimate of drug-likeness (QED) is 0.556. The number of likely N-dealkylation sites (tertiary alicyclic amines) is 1. The molecule has 2 N–H and O–H groups in total. The lowest BCUT2D eigenvalue weighted by Gasteiger charge is -2.34. The monoisotopic (exact) mass is 396 g/mol. The molecular formula is C22H32N6O. The van der Waals surface area contributed by atoms with Gasteiger partial charge in [-0.15, -0.1) is 0 Å². The van der Waals surface area contributed by atoms with Gasteiger partial charge in [0.25, 0.3) is 0 Å². The molecule has 0 saturated carbocycles. The number of nitrogens with one attached hydrogen (secondary N) is 2. The van der Waals surface area contributed by atoms with E-state index in [0.717, 1.165) is 50.5 Å². The van der Waals surface area contributed by atoms with Gasteiger partial charge in [-0.05, 0) is 31.2 Å². The molecule has 7 heteroatoms. The Morgan fingerprint density at radius 2 is 1.97 bits per heavy atom. The summed E-state index contributed by atoms with van der Waals surface area (Å²) in [7, 11) is 1.70. The van der Waals surface area contributed by atoms with Crippen LogP contribution in [0, 0.1) is 5.92 Å². The molecule has 1 aliphatic rings. The predicted octanol–water partition coefficient (Wildman–Crippen LogP) is 2.25. The fraction of sp³-hybridized carbons (Fsp3) is 0.500. The number of carbonyl (C=O) groups excluding carboxylic acids is 1. The second-order valence-corrected chi connectivity index (χ2v) is 7.51. The molecule has 1 aromatic heterocycles. The molecule has 1 fully saturated rings. The molecule has 1 amide bonds. The van der Waals surface area contributed by atoms with Gasteiger partial charge in [-0.2, -0.15) is 5.10 Å². The van der Waals surface area contributed by atoms with Gasteiger partial charge in [0.1, 0.15) is 0 Å². The van der Waals surface area contributed by atoms with Crippen molar-refractivity contribution >= 4 is 11.9 Å². The molecule has 2 aromatic rings. The number of hydrogen-bond donors (Lipinski definition) is 2. The zero-order valence-electron chi connectivity index (χ0n) is 17.5. The van der Waals surface area contributed by atoms with Gasteiger partial charge in [0.2, 0.25) is 5.91 Å². The average Bonchev–Trinajstić information content (AvgIpc) is 3.19. The van der Waals surface area contributed by atoms with Crippen LogP contribution in [-0.4, -0.2) is 53.2 Å². The lowest BCUT2D eigenvalue weighted by Crippen LogP contribution is -2.46. The van der Waals surface area contributed by atoms with Crippen LogP contribution in [0.2, 0.25) is 0 Å². The summed E-state index contributed by atoms with van der Waals surface area (Å²) in [5.41, 5.74) is 2.34. The maximum absolute atomic E-state index is 11.6. The highest BCUT2D eigenvalue weighted by molar-refractivity contribution is 5.80. The van der Waals surface area contributed by atoms with Crippen molar-refractivity contribution in [1.82, 2.24) is 25.3 Å². The van der Waals surface area contributed by atoms with Gasteiger partial charge in [0, 0.05) is 44.9 Å². The summed E-state index contributed by atoms with van der Waals surface area (Å²) in [6.07, 6.45) is 6.62. The maximum atomic E-state index is 11.6. The fourth-order valence-electron chi connectivity index (χ4n) is 3.65. The number of amides is 1. The highest BCUT2D eigenvalue weighted by atomic mass is 16.1. The smallest absolute Gasteiger partial charge is 0.220 e. The summed E-state index contributed by atoms with van der Waals surface area (Å²) >= 11 is 0. The molecule has 156 valence electrons. The Morgan fingerprint density at radius 3 is 2.66 bits per heavy atom. The van der Waals surface area contributed by atoms with Crippen LogP contribution < -0.4 is 10.6 Å². The Bertz CT molecular complexity index is 793. The lowest BCUT2D eigenvalue weighted by atomic mass is 9.93. The third-order valence-electron chi connectivity index (χ3n) is 5.29. The van der Waals surface area contributed by atoms with Crippen molar-refractivity contribution in [3.8, 4) is 0 Å². The number of benzene rings is 1. The van der Waals surface area contributed by atoms with Crippen LogP contribution in [0.1, 0.15) is 37.3 Å². The summed E-state index contributed by atoms with van der Waals surface area (Å²) in [6.45, 7) is 6.16. The van der Waals surface area contributed by atoms with E-state index in [2.05, 4.69) is 45.9 Å². The Kier molecular flexibility index (Phi) is 7.67. The second kappa shape index (κ2) is 10.6. The van der Waals surface area contributed by atoms with Crippen LogP contribution in [-0.2, 0) is 17.9 Å². The first kappa shape index (κ1) is 20.9. The Hall–Kier alpha value is -2.83. The van der Waals surface area contributed by atoms with Gasteiger partial charge in [-0.3, -0.25) is 9.48 Å². The van der Waals surface area contributed by atoms with Crippen LogP contribution in [0.15, 0.2) is 47.7 Å². The van der Waals surface area contributed by atoms with E-state index in [1.165, 1.54) is 5.56 Å². The van der Waals surface area contributed by atoms with Gasteiger partial charge >= 0.3 is 0 Å². The van der Waals surface area contributed by atoms with E-state index in [-0.39, 0.29) is 5.91 Å². The summed E-state index contributed by atoms with van der Waals surface area (Å²) in [4.78, 5) is 18.7. The predicted molar refractivity (Wildman–Crippen MR) is 116 cm³/mol. The average molecular weight is 397 g/mol. The summed E-state index contributed by atoms with van der Waals surface area (Å²) in [5, 5.41) is 10.6. The number of carbonyl (C=O) groups is 1. The molecule has 1 saturated heterocycles. The summed E-state index contributed by atoms with van der Waals surface area (Å²) in [5.74, 6) is 1.54. The molecule has 29 heavy (non-hydrogen) atoms.